The molecule has 1 aliphatic heterocycles. The largest absolute Gasteiger partial charge is 0.479 e. The van der Waals surface area contributed by atoms with E-state index < -0.39 is 6.10 Å². The number of ether oxygens (including phenoxy) is 1. The number of nitrogens with two attached hydrogens (primary N) is 1. The number of hydrogen-bond acceptors (Lipinski definition) is 4. The minimum absolute atomic E-state index is 0.0158. The summed E-state index contributed by atoms with van der Waals surface area (Å²) in [6.45, 7) is 3.22. The standard InChI is InChI=1S/C15H18N4O2/c1-11-15(20)19(7-2-6-18-8-5-17-10-18)13-4-3-12(16)9-14(13)21-11/h3-5,8-11H,2,6-7,16H2,1H3. The van der Waals surface area contributed by atoms with Crippen molar-refractivity contribution in [3.05, 3.63) is 36.9 Å². The fraction of sp³-hybridized carbons (Fsp3) is 0.333. The van der Waals surface area contributed by atoms with E-state index in [9.17, 15) is 4.79 Å². The number of hydrogen-bond donors (Lipinski definition) is 1. The third-order valence-corrected chi connectivity index (χ3v) is 3.55. The van der Waals surface area contributed by atoms with Crippen LogP contribution < -0.4 is 15.4 Å². The third-order valence-electron chi connectivity index (χ3n) is 3.55. The van der Waals surface area contributed by atoms with Crippen molar-refractivity contribution in [2.24, 2.45) is 0 Å². The lowest BCUT2D eigenvalue weighted by atomic mass is 10.1. The quantitative estimate of drug-likeness (QED) is 0.868. The van der Waals surface area contributed by atoms with Crippen LogP contribution in [0.1, 0.15) is 13.3 Å². The number of nitrogens with zero attached hydrogens (tertiary/aromatic N) is 3. The lowest BCUT2D eigenvalue weighted by Crippen LogP contribution is -2.45. The van der Waals surface area contributed by atoms with E-state index in [-0.39, 0.29) is 5.91 Å². The number of aromatic nitrogens is 2. The third kappa shape index (κ3) is 2.69. The molecule has 3 rings (SSSR count). The van der Waals surface area contributed by atoms with Gasteiger partial charge in [-0.1, -0.05) is 0 Å². The minimum atomic E-state index is -0.479. The van der Waals surface area contributed by atoms with E-state index in [0.717, 1.165) is 18.7 Å². The van der Waals surface area contributed by atoms with Crippen LogP contribution in [-0.4, -0.2) is 28.1 Å². The van der Waals surface area contributed by atoms with Gasteiger partial charge in [-0.15, -0.1) is 0 Å². The molecule has 1 aromatic heterocycles. The number of carbonyl (C=O) groups excluding carboxylic acids is 1. The number of nitrogen functional groups attached to an aromatic ring is 1. The minimum Gasteiger partial charge on any atom is -0.479 e. The maximum atomic E-state index is 12.3. The first-order chi connectivity index (χ1) is 10.1. The summed E-state index contributed by atoms with van der Waals surface area (Å²) in [5, 5.41) is 0. The molecular weight excluding hydrogens is 268 g/mol. The van der Waals surface area contributed by atoms with Gasteiger partial charge in [0.15, 0.2) is 6.10 Å². The van der Waals surface area contributed by atoms with E-state index in [1.54, 1.807) is 36.5 Å². The summed E-state index contributed by atoms with van der Waals surface area (Å²) >= 11 is 0. The van der Waals surface area contributed by atoms with Crippen LogP contribution in [0, 0.1) is 0 Å². The molecule has 0 saturated carbocycles. The van der Waals surface area contributed by atoms with Gasteiger partial charge in [-0.3, -0.25) is 4.79 Å². The Balaban J connectivity index is 1.75. The molecule has 0 bridgehead atoms. The van der Waals surface area contributed by atoms with Gasteiger partial charge in [-0.25, -0.2) is 4.98 Å². The van der Waals surface area contributed by atoms with Gasteiger partial charge in [0.1, 0.15) is 5.75 Å². The Bertz CT molecular complexity index is 639. The first-order valence-electron chi connectivity index (χ1n) is 6.98. The van der Waals surface area contributed by atoms with Gasteiger partial charge in [0.05, 0.1) is 12.0 Å². The zero-order chi connectivity index (χ0) is 14.8. The molecule has 0 fully saturated rings. The van der Waals surface area contributed by atoms with E-state index in [1.165, 1.54) is 0 Å². The van der Waals surface area contributed by atoms with Crippen LogP contribution >= 0.6 is 0 Å². The SMILES string of the molecule is CC1Oc2cc(N)ccc2N(CCCn2ccnc2)C1=O. The van der Waals surface area contributed by atoms with E-state index in [2.05, 4.69) is 4.98 Å². The second-order valence-corrected chi connectivity index (χ2v) is 5.13. The fourth-order valence-electron chi connectivity index (χ4n) is 2.49. The molecule has 0 spiro atoms. The molecule has 1 amide bonds. The van der Waals surface area contributed by atoms with Gasteiger partial charge in [-0.2, -0.15) is 0 Å². The van der Waals surface area contributed by atoms with Crippen molar-refractivity contribution in [1.82, 2.24) is 9.55 Å². The maximum absolute atomic E-state index is 12.3. The molecule has 0 aliphatic carbocycles. The Morgan fingerprint density at radius 3 is 3.00 bits per heavy atom. The van der Waals surface area contributed by atoms with Gasteiger partial charge in [0.25, 0.3) is 5.91 Å². The van der Waals surface area contributed by atoms with Gasteiger partial charge in [0.2, 0.25) is 0 Å². The van der Waals surface area contributed by atoms with Gasteiger partial charge >= 0.3 is 0 Å². The first kappa shape index (κ1) is 13.5. The van der Waals surface area contributed by atoms with Crippen molar-refractivity contribution in [2.75, 3.05) is 17.2 Å². The molecule has 2 N–H and O–H groups in total. The van der Waals surface area contributed by atoms with Crippen LogP contribution in [0.3, 0.4) is 0 Å². The molecule has 1 atom stereocenters. The smallest absolute Gasteiger partial charge is 0.267 e. The predicted octanol–water partition coefficient (Wildman–Crippen LogP) is 1.67. The highest BCUT2D eigenvalue weighted by Gasteiger charge is 2.31. The van der Waals surface area contributed by atoms with Crippen LogP contribution in [0.5, 0.6) is 5.75 Å². The molecule has 21 heavy (non-hydrogen) atoms. The average Bonchev–Trinajstić information content (AvgIpc) is 2.96. The molecule has 2 heterocycles. The Kier molecular flexibility index (Phi) is 3.51. The van der Waals surface area contributed by atoms with Gasteiger partial charge in [-0.05, 0) is 25.5 Å². The van der Waals surface area contributed by atoms with Crippen LogP contribution in [-0.2, 0) is 11.3 Å². The lowest BCUT2D eigenvalue weighted by molar-refractivity contribution is -0.125. The highest BCUT2D eigenvalue weighted by atomic mass is 16.5. The zero-order valence-electron chi connectivity index (χ0n) is 11.9. The molecule has 1 aromatic carbocycles. The van der Waals surface area contributed by atoms with E-state index in [1.807, 2.05) is 16.8 Å². The Hall–Kier alpha value is -2.50. The number of fused-ring (bicyclic) bond motifs is 1. The Morgan fingerprint density at radius 2 is 2.24 bits per heavy atom. The van der Waals surface area contributed by atoms with Crippen molar-refractivity contribution < 1.29 is 9.53 Å². The average molecular weight is 286 g/mol. The Labute approximate surface area is 123 Å². The van der Waals surface area contributed by atoms with E-state index >= 15 is 0 Å². The summed E-state index contributed by atoms with van der Waals surface area (Å²) in [5.41, 5.74) is 7.20. The molecule has 2 aromatic rings. The molecule has 1 aliphatic rings. The second kappa shape index (κ2) is 5.47. The topological polar surface area (TPSA) is 73.4 Å². The molecule has 1 unspecified atom stereocenters. The van der Waals surface area contributed by atoms with Gasteiger partial charge in [0, 0.05) is 37.2 Å². The monoisotopic (exact) mass is 286 g/mol. The molecule has 6 heteroatoms. The highest BCUT2D eigenvalue weighted by Crippen LogP contribution is 2.35. The Morgan fingerprint density at radius 1 is 1.38 bits per heavy atom. The summed E-state index contributed by atoms with van der Waals surface area (Å²) in [7, 11) is 0. The van der Waals surface area contributed by atoms with E-state index in [4.69, 9.17) is 10.5 Å². The predicted molar refractivity (Wildman–Crippen MR) is 80.1 cm³/mol. The van der Waals surface area contributed by atoms with Crippen molar-refractivity contribution >= 4 is 17.3 Å². The number of benzene rings is 1. The summed E-state index contributed by atoms with van der Waals surface area (Å²) in [6, 6.07) is 5.39. The molecule has 0 saturated heterocycles. The highest BCUT2D eigenvalue weighted by molar-refractivity contribution is 6.00. The van der Waals surface area contributed by atoms with Crippen LogP contribution in [0.15, 0.2) is 36.9 Å². The second-order valence-electron chi connectivity index (χ2n) is 5.13. The van der Waals surface area contributed by atoms with Crippen molar-refractivity contribution in [3.8, 4) is 5.75 Å². The van der Waals surface area contributed by atoms with Crippen LogP contribution in [0.25, 0.3) is 0 Å². The van der Waals surface area contributed by atoms with Gasteiger partial charge < -0.3 is 19.9 Å². The molecule has 110 valence electrons. The molecule has 6 nitrogen and oxygen atoms in total. The van der Waals surface area contributed by atoms with Crippen LogP contribution in [0.4, 0.5) is 11.4 Å². The van der Waals surface area contributed by atoms with Crippen molar-refractivity contribution in [1.29, 1.82) is 0 Å². The summed E-state index contributed by atoms with van der Waals surface area (Å²) in [6.07, 6.45) is 5.81. The summed E-state index contributed by atoms with van der Waals surface area (Å²) < 4.78 is 7.62. The number of imidazole rings is 1. The summed E-state index contributed by atoms with van der Waals surface area (Å²) in [5.74, 6) is 0.655. The molecular formula is C15H18N4O2. The zero-order valence-corrected chi connectivity index (χ0v) is 11.9. The number of rotatable bonds is 4. The number of anilines is 2. The normalized spacial score (nSPS) is 17.5. The lowest BCUT2D eigenvalue weighted by Gasteiger charge is -2.33. The number of amides is 1. The molecule has 0 radical (unpaired) electrons. The van der Waals surface area contributed by atoms with Crippen molar-refractivity contribution in [2.45, 2.75) is 26.0 Å². The number of aryl methyl sites for hydroxylation is 1. The van der Waals surface area contributed by atoms with Crippen LogP contribution in [0.2, 0.25) is 0 Å². The number of carbonyl (C=O) groups is 1. The van der Waals surface area contributed by atoms with E-state index in [0.29, 0.717) is 18.0 Å². The first-order valence-corrected chi connectivity index (χ1v) is 6.98. The van der Waals surface area contributed by atoms with Crippen molar-refractivity contribution in [3.63, 3.8) is 0 Å². The maximum Gasteiger partial charge on any atom is 0.267 e. The fourth-order valence-corrected chi connectivity index (χ4v) is 2.49. The summed E-state index contributed by atoms with van der Waals surface area (Å²) in [4.78, 5) is 18.1.